The Kier molecular flexibility index (Phi) is 2.49. The van der Waals surface area contributed by atoms with Gasteiger partial charge in [-0.15, -0.1) is 13.2 Å². The number of ether oxygens (including phenoxy) is 1. The first-order chi connectivity index (χ1) is 7.87. The summed E-state index contributed by atoms with van der Waals surface area (Å²) in [5, 5.41) is 4.06. The van der Waals surface area contributed by atoms with Crippen molar-refractivity contribution in [3.63, 3.8) is 0 Å². The van der Waals surface area contributed by atoms with Crippen molar-refractivity contribution >= 4 is 16.8 Å². The van der Waals surface area contributed by atoms with Crippen LogP contribution in [0, 0.1) is 0 Å². The van der Waals surface area contributed by atoms with Crippen molar-refractivity contribution in [2.75, 3.05) is 0 Å². The second kappa shape index (κ2) is 3.72. The average Bonchev–Trinajstić information content (AvgIpc) is 2.57. The first-order valence-corrected chi connectivity index (χ1v) is 4.47. The Labute approximate surface area is 92.8 Å². The van der Waals surface area contributed by atoms with E-state index in [2.05, 4.69) is 14.8 Å². The molecule has 0 saturated heterocycles. The minimum absolute atomic E-state index is 0.326. The summed E-state index contributed by atoms with van der Waals surface area (Å²) in [5.41, 5.74) is 0.326. The van der Waals surface area contributed by atoms with Gasteiger partial charge in [-0.2, -0.15) is 9.78 Å². The molecular weight excluding hydrogens is 239 g/mol. The summed E-state index contributed by atoms with van der Waals surface area (Å²) in [4.78, 5) is 14.5. The van der Waals surface area contributed by atoms with Crippen LogP contribution >= 0.6 is 0 Å². The van der Waals surface area contributed by atoms with Crippen molar-refractivity contribution in [2.24, 2.45) is 0 Å². The summed E-state index contributed by atoms with van der Waals surface area (Å²) in [6.45, 7) is 1.28. The Balaban J connectivity index is 2.43. The molecule has 0 amide bonds. The van der Waals surface area contributed by atoms with Gasteiger partial charge in [-0.25, -0.2) is 4.98 Å². The van der Waals surface area contributed by atoms with Gasteiger partial charge in [-0.05, 0) is 0 Å². The number of hydrogen-bond donors (Lipinski definition) is 0. The number of rotatable bonds is 1. The fourth-order valence-corrected chi connectivity index (χ4v) is 1.33. The van der Waals surface area contributed by atoms with Gasteiger partial charge in [0.15, 0.2) is 0 Å². The summed E-state index contributed by atoms with van der Waals surface area (Å²) in [7, 11) is 0. The molecule has 0 aromatic carbocycles. The standard InChI is InChI=1S/C9H6F3N3O2/c1-5(16)15-7-4-13-8(17-9(10,11)12)2-6(7)3-14-15/h2-4H,1H3. The van der Waals surface area contributed by atoms with Gasteiger partial charge in [0.2, 0.25) is 11.8 Å². The molecule has 17 heavy (non-hydrogen) atoms. The smallest absolute Gasteiger partial charge is 0.388 e. The van der Waals surface area contributed by atoms with Crippen LogP contribution in [-0.2, 0) is 0 Å². The lowest BCUT2D eigenvalue weighted by Gasteiger charge is -2.07. The van der Waals surface area contributed by atoms with Gasteiger partial charge in [0, 0.05) is 18.4 Å². The molecule has 0 spiro atoms. The molecule has 8 heteroatoms. The fraction of sp³-hybridized carbons (Fsp3) is 0.222. The molecule has 2 aromatic rings. The quantitative estimate of drug-likeness (QED) is 0.770. The largest absolute Gasteiger partial charge is 0.574 e. The predicted octanol–water partition coefficient (Wildman–Crippen LogP) is 1.99. The minimum Gasteiger partial charge on any atom is -0.388 e. The Morgan fingerprint density at radius 2 is 2.12 bits per heavy atom. The van der Waals surface area contributed by atoms with Crippen LogP contribution in [0.15, 0.2) is 18.5 Å². The van der Waals surface area contributed by atoms with E-state index in [1.807, 2.05) is 0 Å². The third-order valence-electron chi connectivity index (χ3n) is 1.95. The maximum absolute atomic E-state index is 11.9. The second-order valence-electron chi connectivity index (χ2n) is 3.20. The number of aromatic nitrogens is 3. The van der Waals surface area contributed by atoms with E-state index in [1.54, 1.807) is 0 Å². The molecule has 2 rings (SSSR count). The molecular formula is C9H6F3N3O2. The van der Waals surface area contributed by atoms with Crippen molar-refractivity contribution in [3.8, 4) is 5.88 Å². The summed E-state index contributed by atoms with van der Waals surface area (Å²) in [6, 6.07) is 1.06. The third-order valence-corrected chi connectivity index (χ3v) is 1.95. The van der Waals surface area contributed by atoms with E-state index in [-0.39, 0.29) is 5.91 Å². The normalized spacial score (nSPS) is 11.8. The minimum atomic E-state index is -4.79. The number of carbonyl (C=O) groups is 1. The van der Waals surface area contributed by atoms with Crippen LogP contribution in [0.25, 0.3) is 10.9 Å². The van der Waals surface area contributed by atoms with Crippen LogP contribution in [0.2, 0.25) is 0 Å². The van der Waals surface area contributed by atoms with E-state index < -0.39 is 12.2 Å². The SMILES string of the molecule is CC(=O)n1ncc2cc(OC(F)(F)F)ncc21. The maximum Gasteiger partial charge on any atom is 0.574 e. The van der Waals surface area contributed by atoms with Gasteiger partial charge in [0.1, 0.15) is 0 Å². The molecule has 0 aliphatic carbocycles. The van der Waals surface area contributed by atoms with Gasteiger partial charge in [-0.1, -0.05) is 0 Å². The van der Waals surface area contributed by atoms with Crippen LogP contribution in [0.3, 0.4) is 0 Å². The Hall–Kier alpha value is -2.12. The van der Waals surface area contributed by atoms with Crippen LogP contribution in [0.1, 0.15) is 11.7 Å². The van der Waals surface area contributed by atoms with Crippen molar-refractivity contribution in [3.05, 3.63) is 18.5 Å². The average molecular weight is 245 g/mol. The maximum atomic E-state index is 11.9. The molecule has 2 aromatic heterocycles. The Morgan fingerprint density at radius 1 is 1.41 bits per heavy atom. The molecule has 5 nitrogen and oxygen atoms in total. The van der Waals surface area contributed by atoms with Crippen molar-refractivity contribution < 1.29 is 22.7 Å². The van der Waals surface area contributed by atoms with Gasteiger partial charge in [-0.3, -0.25) is 4.79 Å². The number of nitrogens with zero attached hydrogens (tertiary/aromatic N) is 3. The first-order valence-electron chi connectivity index (χ1n) is 4.47. The van der Waals surface area contributed by atoms with E-state index in [0.29, 0.717) is 10.9 Å². The second-order valence-corrected chi connectivity index (χ2v) is 3.20. The number of halogens is 3. The monoisotopic (exact) mass is 245 g/mol. The van der Waals surface area contributed by atoms with Crippen LogP contribution in [0.5, 0.6) is 5.88 Å². The number of pyridine rings is 1. The van der Waals surface area contributed by atoms with E-state index in [0.717, 1.165) is 16.9 Å². The molecule has 0 atom stereocenters. The third kappa shape index (κ3) is 2.35. The molecule has 0 fully saturated rings. The lowest BCUT2D eigenvalue weighted by molar-refractivity contribution is -0.276. The number of fused-ring (bicyclic) bond motifs is 1. The highest BCUT2D eigenvalue weighted by Crippen LogP contribution is 2.23. The predicted molar refractivity (Wildman–Crippen MR) is 50.5 cm³/mol. The summed E-state index contributed by atoms with van der Waals surface area (Å²) in [5.74, 6) is -0.945. The molecule has 0 aliphatic heterocycles. The number of carbonyl (C=O) groups excluding carboxylic acids is 1. The highest BCUT2D eigenvalue weighted by Gasteiger charge is 2.31. The van der Waals surface area contributed by atoms with Crippen molar-refractivity contribution in [1.82, 2.24) is 14.8 Å². The first kappa shape index (κ1) is 11.4. The highest BCUT2D eigenvalue weighted by molar-refractivity contribution is 5.89. The van der Waals surface area contributed by atoms with E-state index >= 15 is 0 Å². The molecule has 0 radical (unpaired) electrons. The van der Waals surface area contributed by atoms with Crippen LogP contribution in [-0.4, -0.2) is 27.0 Å². The van der Waals surface area contributed by atoms with Crippen molar-refractivity contribution in [1.29, 1.82) is 0 Å². The number of alkyl halides is 3. The zero-order valence-corrected chi connectivity index (χ0v) is 8.52. The topological polar surface area (TPSA) is 57.0 Å². The molecule has 0 N–H and O–H groups in total. The molecule has 90 valence electrons. The molecule has 0 saturated carbocycles. The van der Waals surface area contributed by atoms with Gasteiger partial charge in [0.05, 0.1) is 17.9 Å². The van der Waals surface area contributed by atoms with Crippen LogP contribution < -0.4 is 4.74 Å². The molecule has 2 heterocycles. The number of hydrogen-bond acceptors (Lipinski definition) is 4. The molecule has 0 unspecified atom stereocenters. The van der Waals surface area contributed by atoms with E-state index in [1.165, 1.54) is 13.1 Å². The lowest BCUT2D eigenvalue weighted by atomic mass is 10.3. The molecule has 0 aliphatic rings. The van der Waals surface area contributed by atoms with Crippen molar-refractivity contribution in [2.45, 2.75) is 13.3 Å². The van der Waals surface area contributed by atoms with Gasteiger partial charge in [0.25, 0.3) is 0 Å². The summed E-state index contributed by atoms with van der Waals surface area (Å²) >= 11 is 0. The highest BCUT2D eigenvalue weighted by atomic mass is 19.4. The zero-order valence-electron chi connectivity index (χ0n) is 8.52. The van der Waals surface area contributed by atoms with Gasteiger partial charge < -0.3 is 4.74 Å². The molecule has 0 bridgehead atoms. The fourth-order valence-electron chi connectivity index (χ4n) is 1.33. The van der Waals surface area contributed by atoms with Gasteiger partial charge >= 0.3 is 6.36 Å². The van der Waals surface area contributed by atoms with Crippen LogP contribution in [0.4, 0.5) is 13.2 Å². The lowest BCUT2D eigenvalue weighted by Crippen LogP contribution is -2.17. The van der Waals surface area contributed by atoms with E-state index in [4.69, 9.17) is 0 Å². The Morgan fingerprint density at radius 3 is 2.71 bits per heavy atom. The van der Waals surface area contributed by atoms with E-state index in [9.17, 15) is 18.0 Å². The zero-order chi connectivity index (χ0) is 12.6. The summed E-state index contributed by atoms with van der Waals surface area (Å²) < 4.78 is 40.5. The summed E-state index contributed by atoms with van der Waals surface area (Å²) in [6.07, 6.45) is -2.43. The Bertz CT molecular complexity index is 576.